The first-order chi connectivity index (χ1) is 19.0. The van der Waals surface area contributed by atoms with E-state index in [0.717, 1.165) is 16.3 Å². The Hall–Kier alpha value is -3.83. The highest BCUT2D eigenvalue weighted by Gasteiger charge is 2.34. The van der Waals surface area contributed by atoms with Gasteiger partial charge in [-0.05, 0) is 82.7 Å². The predicted molar refractivity (Wildman–Crippen MR) is 150 cm³/mol. The normalized spacial score (nSPS) is 27.1. The molecule has 0 radical (unpaired) electrons. The number of cyclic esters (lactones) is 1. The van der Waals surface area contributed by atoms with Gasteiger partial charge in [0.25, 0.3) is 5.91 Å². The van der Waals surface area contributed by atoms with Crippen LogP contribution >= 0.6 is 0 Å². The van der Waals surface area contributed by atoms with Crippen LogP contribution in [0.3, 0.4) is 0 Å². The van der Waals surface area contributed by atoms with Gasteiger partial charge in [0.2, 0.25) is 11.8 Å². The van der Waals surface area contributed by atoms with Gasteiger partial charge in [-0.1, -0.05) is 18.2 Å². The second-order valence-electron chi connectivity index (χ2n) is 11.0. The third-order valence-corrected chi connectivity index (χ3v) is 7.33. The summed E-state index contributed by atoms with van der Waals surface area (Å²) in [5.41, 5.74) is 9.19. The van der Waals surface area contributed by atoms with Crippen molar-refractivity contribution >= 4 is 40.5 Å². The fourth-order valence-electron chi connectivity index (χ4n) is 4.72. The molecular formula is C29H38N6O5. The monoisotopic (exact) mass is 550 g/mol. The summed E-state index contributed by atoms with van der Waals surface area (Å²) in [6.45, 7) is 7.39. The number of carbonyl (C=O) groups is 4. The van der Waals surface area contributed by atoms with Crippen LogP contribution in [-0.4, -0.2) is 64.9 Å². The van der Waals surface area contributed by atoms with Crippen LogP contribution in [0.25, 0.3) is 16.8 Å². The maximum absolute atomic E-state index is 13.2. The fraction of sp³-hybridized carbons (Fsp3) is 0.483. The molecule has 5 N–H and O–H groups in total. The van der Waals surface area contributed by atoms with Crippen molar-refractivity contribution in [2.24, 2.45) is 11.1 Å². The number of hydrogen-bond acceptors (Lipinski definition) is 8. The number of carbonyl (C=O) groups excluding carboxylic acids is 4. The first-order valence-electron chi connectivity index (χ1n) is 13.7. The Labute approximate surface area is 233 Å². The SMILES string of the molecule is CC1NC(=O)C(CCN)NC(=O)C(C)(C)/C=C/c2cc3cc(ccc3cn2)[C@@H](C)OC(=O)C2CCCN(N2)C1=O. The molecule has 1 fully saturated rings. The number of nitrogens with zero attached hydrogens (tertiary/aromatic N) is 2. The minimum absolute atomic E-state index is 0.163. The minimum Gasteiger partial charge on any atom is -0.457 e. The van der Waals surface area contributed by atoms with Gasteiger partial charge in [0.1, 0.15) is 24.2 Å². The van der Waals surface area contributed by atoms with Gasteiger partial charge in [-0.3, -0.25) is 29.2 Å². The van der Waals surface area contributed by atoms with Gasteiger partial charge in [-0.15, -0.1) is 0 Å². The quantitative estimate of drug-likeness (QED) is 0.412. The fourth-order valence-corrected chi connectivity index (χ4v) is 4.72. The Balaban J connectivity index is 1.69. The molecule has 214 valence electrons. The van der Waals surface area contributed by atoms with Crippen molar-refractivity contribution in [2.45, 2.75) is 71.2 Å². The Kier molecular flexibility index (Phi) is 8.85. The van der Waals surface area contributed by atoms with Crippen molar-refractivity contribution in [3.05, 3.63) is 47.8 Å². The van der Waals surface area contributed by atoms with Crippen LogP contribution in [0.5, 0.6) is 0 Å². The van der Waals surface area contributed by atoms with Crippen LogP contribution in [-0.2, 0) is 23.9 Å². The Morgan fingerprint density at radius 1 is 1.10 bits per heavy atom. The zero-order valence-electron chi connectivity index (χ0n) is 23.4. The molecule has 1 aromatic carbocycles. The minimum atomic E-state index is -0.971. The number of hydrazine groups is 1. The van der Waals surface area contributed by atoms with Crippen molar-refractivity contribution in [1.82, 2.24) is 26.1 Å². The van der Waals surface area contributed by atoms with E-state index >= 15 is 0 Å². The van der Waals surface area contributed by atoms with Crippen LogP contribution in [0.4, 0.5) is 0 Å². The molecule has 11 nitrogen and oxygen atoms in total. The smallest absolute Gasteiger partial charge is 0.325 e. The average molecular weight is 551 g/mol. The van der Waals surface area contributed by atoms with Gasteiger partial charge in [-0.25, -0.2) is 5.43 Å². The van der Waals surface area contributed by atoms with Gasteiger partial charge >= 0.3 is 5.97 Å². The van der Waals surface area contributed by atoms with E-state index in [2.05, 4.69) is 21.0 Å². The van der Waals surface area contributed by atoms with E-state index in [1.54, 1.807) is 46.0 Å². The number of ether oxygens (including phenoxy) is 1. The standard InChI is InChI=1S/C29H38N6O5/c1-17-26(37)35-13-5-6-24(34-35)27(38)40-18(2)19-7-8-20-16-31-22(15-21(20)14-19)9-11-29(3,4)28(39)33-23(10-12-30)25(36)32-17/h7-9,11,14-18,23-24,34H,5-6,10,12-13,30H2,1-4H3,(H,32,36)(H,33,39)/b11-9+/t17?,18-,23?,24?/m1/s1. The lowest BCUT2D eigenvalue weighted by molar-refractivity contribution is -0.157. The van der Waals surface area contributed by atoms with Crippen LogP contribution in [0.15, 0.2) is 36.5 Å². The molecule has 2 aliphatic heterocycles. The molecule has 5 bridgehead atoms. The van der Waals surface area contributed by atoms with E-state index < -0.39 is 47.4 Å². The molecule has 0 spiro atoms. The number of benzene rings is 1. The van der Waals surface area contributed by atoms with E-state index in [9.17, 15) is 19.2 Å². The number of rotatable bonds is 2. The summed E-state index contributed by atoms with van der Waals surface area (Å²) in [7, 11) is 0. The highest BCUT2D eigenvalue weighted by Crippen LogP contribution is 2.25. The molecule has 4 atom stereocenters. The van der Waals surface area contributed by atoms with Crippen LogP contribution < -0.4 is 21.8 Å². The molecule has 40 heavy (non-hydrogen) atoms. The zero-order valence-corrected chi connectivity index (χ0v) is 23.4. The van der Waals surface area contributed by atoms with Crippen molar-refractivity contribution in [3.63, 3.8) is 0 Å². The second kappa shape index (κ2) is 12.1. The van der Waals surface area contributed by atoms with E-state index in [0.29, 0.717) is 25.1 Å². The summed E-state index contributed by atoms with van der Waals surface area (Å²) in [5, 5.41) is 8.65. The summed E-state index contributed by atoms with van der Waals surface area (Å²) in [4.78, 5) is 57.0. The number of esters is 1. The largest absolute Gasteiger partial charge is 0.457 e. The zero-order chi connectivity index (χ0) is 29.0. The number of amides is 3. The average Bonchev–Trinajstić information content (AvgIpc) is 2.94. The maximum atomic E-state index is 13.2. The van der Waals surface area contributed by atoms with Crippen LogP contribution in [0.2, 0.25) is 0 Å². The van der Waals surface area contributed by atoms with Crippen LogP contribution in [0.1, 0.15) is 64.3 Å². The predicted octanol–water partition coefficient (Wildman–Crippen LogP) is 1.73. The number of aromatic nitrogens is 1. The second-order valence-corrected chi connectivity index (χ2v) is 11.0. The summed E-state index contributed by atoms with van der Waals surface area (Å²) in [6.07, 6.45) is 6.01. The molecule has 2 aromatic rings. The number of nitrogens with one attached hydrogen (secondary N) is 3. The highest BCUT2D eigenvalue weighted by molar-refractivity contribution is 5.94. The molecule has 3 amide bonds. The number of pyridine rings is 1. The van der Waals surface area contributed by atoms with Gasteiger partial charge in [0.15, 0.2) is 0 Å². The number of nitrogens with two attached hydrogens (primary N) is 1. The van der Waals surface area contributed by atoms with Gasteiger partial charge < -0.3 is 21.1 Å². The molecule has 4 rings (SSSR count). The third kappa shape index (κ3) is 6.65. The topological polar surface area (TPSA) is 156 Å². The Morgan fingerprint density at radius 2 is 1.88 bits per heavy atom. The molecule has 3 heterocycles. The molecule has 0 saturated carbocycles. The van der Waals surface area contributed by atoms with Crippen molar-refractivity contribution in [3.8, 4) is 0 Å². The summed E-state index contributed by atoms with van der Waals surface area (Å²) in [6, 6.07) is 5.13. The lowest BCUT2D eigenvalue weighted by atomic mass is 9.90. The summed E-state index contributed by atoms with van der Waals surface area (Å²) >= 11 is 0. The molecule has 11 heteroatoms. The molecule has 3 unspecified atom stereocenters. The Bertz CT molecular complexity index is 1330. The van der Waals surface area contributed by atoms with Crippen molar-refractivity contribution in [2.75, 3.05) is 13.1 Å². The number of fused-ring (bicyclic) bond motifs is 4. The summed E-state index contributed by atoms with van der Waals surface area (Å²) < 4.78 is 5.78. The van der Waals surface area contributed by atoms with Crippen molar-refractivity contribution < 1.29 is 23.9 Å². The highest BCUT2D eigenvalue weighted by atomic mass is 16.5. The molecule has 1 aromatic heterocycles. The van der Waals surface area contributed by atoms with Gasteiger partial charge in [0, 0.05) is 18.1 Å². The van der Waals surface area contributed by atoms with E-state index in [4.69, 9.17) is 10.5 Å². The third-order valence-electron chi connectivity index (χ3n) is 7.33. The first-order valence-corrected chi connectivity index (χ1v) is 13.7. The summed E-state index contributed by atoms with van der Waals surface area (Å²) in [5.74, 6) is -1.74. The lowest BCUT2D eigenvalue weighted by Crippen LogP contribution is -2.60. The Morgan fingerprint density at radius 3 is 2.62 bits per heavy atom. The van der Waals surface area contributed by atoms with E-state index in [1.807, 2.05) is 24.3 Å². The molecule has 0 aliphatic carbocycles. The lowest BCUT2D eigenvalue weighted by Gasteiger charge is -2.35. The van der Waals surface area contributed by atoms with E-state index in [1.165, 1.54) is 5.01 Å². The molecule has 1 saturated heterocycles. The molecular weight excluding hydrogens is 512 g/mol. The molecule has 2 aliphatic rings. The van der Waals surface area contributed by atoms with Crippen LogP contribution in [0, 0.1) is 5.41 Å². The van der Waals surface area contributed by atoms with E-state index in [-0.39, 0.29) is 18.9 Å². The first kappa shape index (κ1) is 29.2. The van der Waals surface area contributed by atoms with Gasteiger partial charge in [0.05, 0.1) is 11.1 Å². The van der Waals surface area contributed by atoms with Gasteiger partial charge in [-0.2, -0.15) is 0 Å². The maximum Gasteiger partial charge on any atom is 0.325 e. The van der Waals surface area contributed by atoms with Crippen molar-refractivity contribution in [1.29, 1.82) is 0 Å². The number of hydrogen-bond donors (Lipinski definition) is 4.